The quantitative estimate of drug-likeness (QED) is 0.746. The van der Waals surface area contributed by atoms with Gasteiger partial charge in [0, 0.05) is 19.9 Å². The van der Waals surface area contributed by atoms with Gasteiger partial charge in [0.25, 0.3) is 0 Å². The zero-order chi connectivity index (χ0) is 15.1. The van der Waals surface area contributed by atoms with Crippen LogP contribution in [-0.2, 0) is 17.9 Å². The lowest BCUT2D eigenvalue weighted by Crippen LogP contribution is -2.20. The second-order valence-corrected chi connectivity index (χ2v) is 5.43. The first-order chi connectivity index (χ1) is 10.2. The van der Waals surface area contributed by atoms with Crippen molar-refractivity contribution in [2.24, 2.45) is 0 Å². The van der Waals surface area contributed by atoms with Gasteiger partial charge >= 0.3 is 0 Å². The van der Waals surface area contributed by atoms with Crippen LogP contribution in [0.1, 0.15) is 31.0 Å². The third kappa shape index (κ3) is 4.41. The van der Waals surface area contributed by atoms with Gasteiger partial charge < -0.3 is 9.64 Å². The molecular formula is C17H25N3O. The first kappa shape index (κ1) is 15.7. The van der Waals surface area contributed by atoms with Crippen LogP contribution in [0.3, 0.4) is 0 Å². The van der Waals surface area contributed by atoms with Crippen LogP contribution in [0.15, 0.2) is 36.5 Å². The van der Waals surface area contributed by atoms with Gasteiger partial charge in [-0.05, 0) is 43.8 Å². The summed E-state index contributed by atoms with van der Waals surface area (Å²) in [7, 11) is 3.88. The van der Waals surface area contributed by atoms with E-state index in [1.54, 1.807) is 7.11 Å². The Hall–Kier alpha value is -1.65. The molecule has 2 aromatic rings. The largest absolute Gasteiger partial charge is 0.380 e. The highest BCUT2D eigenvalue weighted by Gasteiger charge is 2.07. The minimum atomic E-state index is 0.645. The van der Waals surface area contributed by atoms with Crippen LogP contribution >= 0.6 is 0 Å². The molecule has 0 atom stereocenters. The van der Waals surface area contributed by atoms with Crippen molar-refractivity contribution in [3.05, 3.63) is 47.8 Å². The second kappa shape index (κ2) is 7.96. The smallest absolute Gasteiger partial charge is 0.0713 e. The Labute approximate surface area is 127 Å². The van der Waals surface area contributed by atoms with Crippen molar-refractivity contribution in [1.29, 1.82) is 0 Å². The van der Waals surface area contributed by atoms with Crippen LogP contribution in [0, 0.1) is 0 Å². The van der Waals surface area contributed by atoms with Crippen molar-refractivity contribution in [3.63, 3.8) is 0 Å². The fourth-order valence-electron chi connectivity index (χ4n) is 2.37. The molecule has 0 radical (unpaired) electrons. The predicted molar refractivity (Wildman–Crippen MR) is 85.5 cm³/mol. The highest BCUT2D eigenvalue weighted by Crippen LogP contribution is 2.14. The summed E-state index contributed by atoms with van der Waals surface area (Å²) < 4.78 is 7.16. The summed E-state index contributed by atoms with van der Waals surface area (Å²) in [6.45, 7) is 4.90. The summed E-state index contributed by atoms with van der Waals surface area (Å²) in [5.41, 5.74) is 3.49. The molecule has 0 saturated heterocycles. The Kier molecular flexibility index (Phi) is 5.96. The molecule has 0 spiro atoms. The topological polar surface area (TPSA) is 30.3 Å². The van der Waals surface area contributed by atoms with Crippen molar-refractivity contribution in [3.8, 4) is 5.69 Å². The third-order valence-electron chi connectivity index (χ3n) is 3.54. The van der Waals surface area contributed by atoms with E-state index >= 15 is 0 Å². The van der Waals surface area contributed by atoms with Gasteiger partial charge in [-0.1, -0.05) is 25.5 Å². The lowest BCUT2D eigenvalue weighted by molar-refractivity contribution is 0.185. The molecule has 114 valence electrons. The van der Waals surface area contributed by atoms with Gasteiger partial charge in [0.05, 0.1) is 18.0 Å². The van der Waals surface area contributed by atoms with Gasteiger partial charge in [-0.15, -0.1) is 0 Å². The van der Waals surface area contributed by atoms with Gasteiger partial charge in [0.1, 0.15) is 0 Å². The normalized spacial score (nSPS) is 11.2. The number of rotatable bonds is 8. The highest BCUT2D eigenvalue weighted by atomic mass is 16.5. The van der Waals surface area contributed by atoms with Crippen molar-refractivity contribution >= 4 is 0 Å². The fraction of sp³-hybridized carbons (Fsp3) is 0.471. The Morgan fingerprint density at radius 2 is 1.95 bits per heavy atom. The van der Waals surface area contributed by atoms with E-state index in [0.29, 0.717) is 6.61 Å². The number of hydrogen-bond acceptors (Lipinski definition) is 3. The van der Waals surface area contributed by atoms with E-state index in [1.807, 2.05) is 10.9 Å². The molecule has 2 rings (SSSR count). The first-order valence-electron chi connectivity index (χ1n) is 7.54. The SMILES string of the molecule is CCCCN(C)Cc1ccnn1-c1ccc(COC)cc1. The van der Waals surface area contributed by atoms with Crippen molar-refractivity contribution in [2.45, 2.75) is 32.9 Å². The molecule has 1 heterocycles. The molecule has 21 heavy (non-hydrogen) atoms. The van der Waals surface area contributed by atoms with E-state index < -0.39 is 0 Å². The third-order valence-corrected chi connectivity index (χ3v) is 3.54. The molecule has 0 saturated carbocycles. The van der Waals surface area contributed by atoms with Crippen LogP contribution in [0.25, 0.3) is 5.69 Å². The number of benzene rings is 1. The summed E-state index contributed by atoms with van der Waals surface area (Å²) in [6.07, 6.45) is 4.33. The van der Waals surface area contributed by atoms with Crippen molar-refractivity contribution < 1.29 is 4.74 Å². The first-order valence-corrected chi connectivity index (χ1v) is 7.54. The highest BCUT2D eigenvalue weighted by molar-refractivity contribution is 5.35. The Balaban J connectivity index is 2.08. The molecule has 0 N–H and O–H groups in total. The van der Waals surface area contributed by atoms with E-state index in [2.05, 4.69) is 54.3 Å². The number of ether oxygens (including phenoxy) is 1. The maximum absolute atomic E-state index is 5.14. The Morgan fingerprint density at radius 3 is 2.62 bits per heavy atom. The Morgan fingerprint density at radius 1 is 1.19 bits per heavy atom. The molecule has 0 fully saturated rings. The molecule has 1 aromatic carbocycles. The summed E-state index contributed by atoms with van der Waals surface area (Å²) in [5.74, 6) is 0. The van der Waals surface area contributed by atoms with E-state index in [4.69, 9.17) is 4.74 Å². The fourth-order valence-corrected chi connectivity index (χ4v) is 2.37. The van der Waals surface area contributed by atoms with E-state index in [0.717, 1.165) is 18.8 Å². The van der Waals surface area contributed by atoms with Crippen LogP contribution in [0.2, 0.25) is 0 Å². The maximum atomic E-state index is 5.14. The van der Waals surface area contributed by atoms with E-state index in [1.165, 1.54) is 24.1 Å². The predicted octanol–water partition coefficient (Wildman–Crippen LogP) is 3.25. The summed E-state index contributed by atoms with van der Waals surface area (Å²) in [5, 5.41) is 4.45. The molecule has 4 nitrogen and oxygen atoms in total. The lowest BCUT2D eigenvalue weighted by Gasteiger charge is -2.17. The van der Waals surface area contributed by atoms with Crippen LogP contribution < -0.4 is 0 Å². The zero-order valence-electron chi connectivity index (χ0n) is 13.2. The van der Waals surface area contributed by atoms with Gasteiger partial charge in [-0.2, -0.15) is 5.10 Å². The van der Waals surface area contributed by atoms with Gasteiger partial charge in [0.2, 0.25) is 0 Å². The summed E-state index contributed by atoms with van der Waals surface area (Å²) >= 11 is 0. The average Bonchev–Trinajstić information content (AvgIpc) is 2.94. The molecule has 0 bridgehead atoms. The average molecular weight is 287 g/mol. The van der Waals surface area contributed by atoms with Gasteiger partial charge in [-0.25, -0.2) is 4.68 Å². The summed E-state index contributed by atoms with van der Waals surface area (Å²) in [6, 6.07) is 10.5. The number of unbranched alkanes of at least 4 members (excludes halogenated alkanes) is 1. The van der Waals surface area contributed by atoms with Gasteiger partial charge in [0.15, 0.2) is 0 Å². The number of methoxy groups -OCH3 is 1. The second-order valence-electron chi connectivity index (χ2n) is 5.43. The number of hydrogen-bond donors (Lipinski definition) is 0. The van der Waals surface area contributed by atoms with Crippen LogP contribution in [0.4, 0.5) is 0 Å². The molecule has 0 aliphatic carbocycles. The molecule has 0 unspecified atom stereocenters. The van der Waals surface area contributed by atoms with Crippen LogP contribution in [0.5, 0.6) is 0 Å². The minimum Gasteiger partial charge on any atom is -0.380 e. The standard InChI is InChI=1S/C17H25N3O/c1-4-5-12-19(2)13-17-10-11-18-20(17)16-8-6-15(7-9-16)14-21-3/h6-11H,4-5,12-14H2,1-3H3. The molecule has 0 aliphatic heterocycles. The number of aromatic nitrogens is 2. The van der Waals surface area contributed by atoms with E-state index in [-0.39, 0.29) is 0 Å². The van der Waals surface area contributed by atoms with Crippen LogP contribution in [-0.4, -0.2) is 35.4 Å². The number of nitrogens with zero attached hydrogens (tertiary/aromatic N) is 3. The molecule has 0 amide bonds. The minimum absolute atomic E-state index is 0.645. The van der Waals surface area contributed by atoms with Crippen molar-refractivity contribution in [1.82, 2.24) is 14.7 Å². The van der Waals surface area contributed by atoms with E-state index in [9.17, 15) is 0 Å². The Bertz CT molecular complexity index is 533. The molecule has 1 aromatic heterocycles. The van der Waals surface area contributed by atoms with Crippen molar-refractivity contribution in [2.75, 3.05) is 20.7 Å². The maximum Gasteiger partial charge on any atom is 0.0713 e. The summed E-state index contributed by atoms with van der Waals surface area (Å²) in [4.78, 5) is 2.34. The molecule has 0 aliphatic rings. The monoisotopic (exact) mass is 287 g/mol. The molecule has 4 heteroatoms. The lowest BCUT2D eigenvalue weighted by atomic mass is 10.2. The van der Waals surface area contributed by atoms with Gasteiger partial charge in [-0.3, -0.25) is 0 Å². The zero-order valence-corrected chi connectivity index (χ0v) is 13.2. The molecular weight excluding hydrogens is 262 g/mol.